The SMILES string of the molecule is CN(Cc1cccc(C(=O)O)c1)C1CCc2ccccc21. The number of rotatable bonds is 4. The molecule has 3 rings (SSSR count). The third-order valence-electron chi connectivity index (χ3n) is 4.24. The van der Waals surface area contributed by atoms with E-state index in [-0.39, 0.29) is 0 Å². The number of fused-ring (bicyclic) bond motifs is 1. The van der Waals surface area contributed by atoms with E-state index in [1.165, 1.54) is 11.1 Å². The molecule has 1 atom stereocenters. The Balaban J connectivity index is 1.77. The van der Waals surface area contributed by atoms with Crippen molar-refractivity contribution in [3.05, 3.63) is 70.8 Å². The van der Waals surface area contributed by atoms with Crippen LogP contribution in [0.3, 0.4) is 0 Å². The van der Waals surface area contributed by atoms with E-state index < -0.39 is 5.97 Å². The van der Waals surface area contributed by atoms with E-state index in [0.29, 0.717) is 11.6 Å². The zero-order valence-corrected chi connectivity index (χ0v) is 12.1. The average molecular weight is 281 g/mol. The van der Waals surface area contributed by atoms with Gasteiger partial charge in [0.05, 0.1) is 5.56 Å². The van der Waals surface area contributed by atoms with Crippen molar-refractivity contribution < 1.29 is 9.90 Å². The lowest BCUT2D eigenvalue weighted by Gasteiger charge is -2.25. The summed E-state index contributed by atoms with van der Waals surface area (Å²) >= 11 is 0. The smallest absolute Gasteiger partial charge is 0.335 e. The molecule has 1 unspecified atom stereocenters. The van der Waals surface area contributed by atoms with Crippen LogP contribution >= 0.6 is 0 Å². The Bertz CT molecular complexity index is 666. The summed E-state index contributed by atoms with van der Waals surface area (Å²) in [4.78, 5) is 13.4. The third-order valence-corrected chi connectivity index (χ3v) is 4.24. The second-order valence-corrected chi connectivity index (χ2v) is 5.67. The van der Waals surface area contributed by atoms with Gasteiger partial charge in [-0.05, 0) is 48.7 Å². The van der Waals surface area contributed by atoms with Gasteiger partial charge in [-0.25, -0.2) is 4.79 Å². The van der Waals surface area contributed by atoms with Gasteiger partial charge in [0, 0.05) is 12.6 Å². The first-order valence-electron chi connectivity index (χ1n) is 7.25. The molecular formula is C18H19NO2. The lowest BCUT2D eigenvalue weighted by molar-refractivity contribution is 0.0696. The van der Waals surface area contributed by atoms with E-state index >= 15 is 0 Å². The van der Waals surface area contributed by atoms with Gasteiger partial charge in [0.25, 0.3) is 0 Å². The van der Waals surface area contributed by atoms with Gasteiger partial charge >= 0.3 is 5.97 Å². The standard InChI is InChI=1S/C18H19NO2/c1-19(12-13-5-4-7-15(11-13)18(20)21)17-10-9-14-6-2-3-8-16(14)17/h2-8,11,17H,9-10,12H2,1H3,(H,20,21). The van der Waals surface area contributed by atoms with Crippen molar-refractivity contribution >= 4 is 5.97 Å². The van der Waals surface area contributed by atoms with Crippen LogP contribution in [0.1, 0.15) is 39.5 Å². The fourth-order valence-corrected chi connectivity index (χ4v) is 3.19. The van der Waals surface area contributed by atoms with Crippen LogP contribution in [0.4, 0.5) is 0 Å². The molecule has 2 aromatic rings. The Morgan fingerprint density at radius 1 is 1.24 bits per heavy atom. The number of carboxylic acid groups (broad SMARTS) is 1. The minimum atomic E-state index is -0.870. The van der Waals surface area contributed by atoms with Crippen LogP contribution < -0.4 is 0 Å². The minimum absolute atomic E-state index is 0.354. The van der Waals surface area contributed by atoms with Crippen LogP contribution in [0.2, 0.25) is 0 Å². The first-order chi connectivity index (χ1) is 10.1. The molecule has 0 bridgehead atoms. The lowest BCUT2D eigenvalue weighted by Crippen LogP contribution is -2.22. The number of benzene rings is 2. The van der Waals surface area contributed by atoms with E-state index in [9.17, 15) is 4.79 Å². The molecule has 1 aliphatic carbocycles. The average Bonchev–Trinajstić information content (AvgIpc) is 2.91. The maximum Gasteiger partial charge on any atom is 0.335 e. The molecule has 2 aromatic carbocycles. The van der Waals surface area contributed by atoms with Gasteiger partial charge in [-0.1, -0.05) is 36.4 Å². The van der Waals surface area contributed by atoms with Crippen LogP contribution in [0.25, 0.3) is 0 Å². The molecule has 3 nitrogen and oxygen atoms in total. The summed E-state index contributed by atoms with van der Waals surface area (Å²) in [5.74, 6) is -0.870. The molecule has 0 fully saturated rings. The number of carboxylic acids is 1. The first kappa shape index (κ1) is 13.8. The molecule has 0 saturated heterocycles. The Labute approximate surface area is 124 Å². The normalized spacial score (nSPS) is 17.0. The molecule has 0 heterocycles. The minimum Gasteiger partial charge on any atom is -0.478 e. The largest absolute Gasteiger partial charge is 0.478 e. The predicted octanol–water partition coefficient (Wildman–Crippen LogP) is 3.50. The Morgan fingerprint density at radius 3 is 2.86 bits per heavy atom. The molecule has 21 heavy (non-hydrogen) atoms. The summed E-state index contributed by atoms with van der Waals surface area (Å²) in [6.07, 6.45) is 2.26. The summed E-state index contributed by atoms with van der Waals surface area (Å²) < 4.78 is 0. The highest BCUT2D eigenvalue weighted by Crippen LogP contribution is 2.35. The van der Waals surface area contributed by atoms with Crippen molar-refractivity contribution in [2.45, 2.75) is 25.4 Å². The monoisotopic (exact) mass is 281 g/mol. The van der Waals surface area contributed by atoms with Crippen LogP contribution in [0.15, 0.2) is 48.5 Å². The highest BCUT2D eigenvalue weighted by molar-refractivity contribution is 5.87. The Kier molecular flexibility index (Phi) is 3.76. The number of hydrogen-bond acceptors (Lipinski definition) is 2. The number of nitrogens with zero attached hydrogens (tertiary/aromatic N) is 1. The predicted molar refractivity (Wildman–Crippen MR) is 82.4 cm³/mol. The molecular weight excluding hydrogens is 262 g/mol. The van der Waals surface area contributed by atoms with E-state index in [1.807, 2.05) is 12.1 Å². The maximum atomic E-state index is 11.0. The van der Waals surface area contributed by atoms with Crippen LogP contribution in [-0.2, 0) is 13.0 Å². The molecule has 1 N–H and O–H groups in total. The second-order valence-electron chi connectivity index (χ2n) is 5.67. The number of aromatic carboxylic acids is 1. The summed E-state index contributed by atoms with van der Waals surface area (Å²) in [6.45, 7) is 0.764. The van der Waals surface area contributed by atoms with Gasteiger partial charge in [-0.15, -0.1) is 0 Å². The highest BCUT2D eigenvalue weighted by atomic mass is 16.4. The molecule has 108 valence electrons. The fraction of sp³-hybridized carbons (Fsp3) is 0.278. The second kappa shape index (κ2) is 5.70. The van der Waals surface area contributed by atoms with Crippen molar-refractivity contribution in [2.75, 3.05) is 7.05 Å². The van der Waals surface area contributed by atoms with Crippen molar-refractivity contribution in [2.24, 2.45) is 0 Å². The van der Waals surface area contributed by atoms with Crippen LogP contribution in [0.5, 0.6) is 0 Å². The number of hydrogen-bond donors (Lipinski definition) is 1. The molecule has 3 heteroatoms. The lowest BCUT2D eigenvalue weighted by atomic mass is 10.1. The van der Waals surface area contributed by atoms with Gasteiger partial charge in [0.15, 0.2) is 0 Å². The van der Waals surface area contributed by atoms with Gasteiger partial charge in [0.2, 0.25) is 0 Å². The summed E-state index contributed by atoms with van der Waals surface area (Å²) in [5.41, 5.74) is 4.25. The topological polar surface area (TPSA) is 40.5 Å². The summed E-state index contributed by atoms with van der Waals surface area (Å²) in [5, 5.41) is 9.07. The fourth-order valence-electron chi connectivity index (χ4n) is 3.19. The first-order valence-corrected chi connectivity index (χ1v) is 7.25. The van der Waals surface area contributed by atoms with Gasteiger partial charge in [-0.2, -0.15) is 0 Å². The molecule has 0 saturated carbocycles. The molecule has 0 aliphatic heterocycles. The maximum absolute atomic E-state index is 11.0. The quantitative estimate of drug-likeness (QED) is 0.932. The molecule has 0 spiro atoms. The molecule has 0 radical (unpaired) electrons. The Morgan fingerprint density at radius 2 is 2.05 bits per heavy atom. The summed E-state index contributed by atoms with van der Waals surface area (Å²) in [7, 11) is 2.11. The third kappa shape index (κ3) is 2.83. The molecule has 0 amide bonds. The van der Waals surface area contributed by atoms with Crippen molar-refractivity contribution in [1.82, 2.24) is 4.90 Å². The van der Waals surface area contributed by atoms with E-state index in [4.69, 9.17) is 5.11 Å². The zero-order chi connectivity index (χ0) is 14.8. The van der Waals surface area contributed by atoms with Crippen molar-refractivity contribution in [3.8, 4) is 0 Å². The number of aryl methyl sites for hydroxylation is 1. The molecule has 1 aliphatic rings. The van der Waals surface area contributed by atoms with Crippen molar-refractivity contribution in [3.63, 3.8) is 0 Å². The highest BCUT2D eigenvalue weighted by Gasteiger charge is 2.25. The van der Waals surface area contributed by atoms with E-state index in [0.717, 1.165) is 24.9 Å². The molecule has 0 aromatic heterocycles. The number of carbonyl (C=O) groups is 1. The zero-order valence-electron chi connectivity index (χ0n) is 12.1. The van der Waals surface area contributed by atoms with Gasteiger partial charge in [0.1, 0.15) is 0 Å². The van der Waals surface area contributed by atoms with Gasteiger partial charge in [-0.3, -0.25) is 4.90 Å². The van der Waals surface area contributed by atoms with Crippen LogP contribution in [0, 0.1) is 0 Å². The van der Waals surface area contributed by atoms with Crippen molar-refractivity contribution in [1.29, 1.82) is 0 Å². The van der Waals surface area contributed by atoms with E-state index in [2.05, 4.69) is 36.2 Å². The summed E-state index contributed by atoms with van der Waals surface area (Å²) in [6, 6.07) is 16.2. The Hall–Kier alpha value is -2.13. The van der Waals surface area contributed by atoms with E-state index in [1.54, 1.807) is 12.1 Å². The van der Waals surface area contributed by atoms with Crippen LogP contribution in [-0.4, -0.2) is 23.0 Å². The van der Waals surface area contributed by atoms with Gasteiger partial charge < -0.3 is 5.11 Å².